The first-order valence-electron chi connectivity index (χ1n) is 13.5. The molecule has 0 N–H and O–H groups in total. The Morgan fingerprint density at radius 2 is 1.59 bits per heavy atom. The van der Waals surface area contributed by atoms with Crippen LogP contribution >= 0.6 is 0 Å². The molecule has 0 bridgehead atoms. The van der Waals surface area contributed by atoms with Gasteiger partial charge in [0.25, 0.3) is 0 Å². The maximum atomic E-state index is 13.4. The first-order chi connectivity index (χ1) is 18.1. The lowest BCUT2D eigenvalue weighted by atomic mass is 9.95. The number of aryl methyl sites for hydroxylation is 2. The molecule has 0 unspecified atom stereocenters. The summed E-state index contributed by atoms with van der Waals surface area (Å²) >= 11 is 0. The Hall–Kier alpha value is -3.74. The van der Waals surface area contributed by atoms with Crippen LogP contribution in [-0.4, -0.2) is 56.7 Å². The minimum absolute atomic E-state index is 0.0921. The van der Waals surface area contributed by atoms with Crippen LogP contribution in [0.3, 0.4) is 0 Å². The number of piperazine rings is 1. The van der Waals surface area contributed by atoms with E-state index in [1.54, 1.807) is 0 Å². The standard InChI is InChI=1S/C30H36N6O/c1-4-6-17-26-31-28(27-22(3)33-36(29(27)32-26)24-15-11-8-12-16-24)34-18-20-35(21-19-34)30(37)25(5-2)23-13-9-7-10-14-23/h7-16,25H,4-6,17-21H2,1-3H3/t25-/m1/s1. The minimum Gasteiger partial charge on any atom is -0.352 e. The number of para-hydroxylation sites is 1. The fraction of sp³-hybridized carbons (Fsp3) is 0.400. The Bertz CT molecular complexity index is 1340. The van der Waals surface area contributed by atoms with E-state index in [0.29, 0.717) is 13.1 Å². The molecular formula is C30H36N6O. The summed E-state index contributed by atoms with van der Waals surface area (Å²) in [6, 6.07) is 20.3. The van der Waals surface area contributed by atoms with Gasteiger partial charge in [-0.15, -0.1) is 0 Å². The van der Waals surface area contributed by atoms with Gasteiger partial charge in [0.1, 0.15) is 11.6 Å². The quantitative estimate of drug-likeness (QED) is 0.331. The number of anilines is 1. The molecule has 192 valence electrons. The van der Waals surface area contributed by atoms with Crippen LogP contribution in [0.25, 0.3) is 16.7 Å². The number of carbonyl (C=O) groups is 1. The third-order valence-electron chi connectivity index (χ3n) is 7.28. The molecule has 0 spiro atoms. The molecule has 0 aliphatic carbocycles. The van der Waals surface area contributed by atoms with Gasteiger partial charge < -0.3 is 9.80 Å². The van der Waals surface area contributed by atoms with Crippen molar-refractivity contribution in [3.05, 3.63) is 77.7 Å². The van der Waals surface area contributed by atoms with Crippen LogP contribution in [0.5, 0.6) is 0 Å². The van der Waals surface area contributed by atoms with Gasteiger partial charge in [0.05, 0.1) is 22.7 Å². The molecule has 1 aliphatic rings. The number of benzene rings is 2. The minimum atomic E-state index is -0.0921. The molecule has 5 rings (SSSR count). The predicted molar refractivity (Wildman–Crippen MR) is 148 cm³/mol. The maximum absolute atomic E-state index is 13.4. The van der Waals surface area contributed by atoms with Crippen LogP contribution in [0.1, 0.15) is 56.1 Å². The van der Waals surface area contributed by atoms with Crippen LogP contribution in [-0.2, 0) is 11.2 Å². The van der Waals surface area contributed by atoms with Crippen molar-refractivity contribution in [2.45, 2.75) is 52.4 Å². The summed E-state index contributed by atoms with van der Waals surface area (Å²) in [4.78, 5) is 27.8. The lowest BCUT2D eigenvalue weighted by molar-refractivity contribution is -0.133. The summed E-state index contributed by atoms with van der Waals surface area (Å²) in [5, 5.41) is 5.87. The monoisotopic (exact) mass is 496 g/mol. The van der Waals surface area contributed by atoms with Gasteiger partial charge in [0, 0.05) is 32.6 Å². The number of rotatable bonds is 8. The number of nitrogens with zero attached hydrogens (tertiary/aromatic N) is 6. The van der Waals surface area contributed by atoms with Crippen LogP contribution in [0, 0.1) is 6.92 Å². The zero-order valence-electron chi connectivity index (χ0n) is 22.1. The fourth-order valence-corrected chi connectivity index (χ4v) is 5.23. The highest BCUT2D eigenvalue weighted by molar-refractivity contribution is 5.91. The van der Waals surface area contributed by atoms with Crippen molar-refractivity contribution in [3.63, 3.8) is 0 Å². The van der Waals surface area contributed by atoms with Crippen molar-refractivity contribution < 1.29 is 4.79 Å². The van der Waals surface area contributed by atoms with Crippen molar-refractivity contribution in [3.8, 4) is 5.69 Å². The van der Waals surface area contributed by atoms with Gasteiger partial charge in [-0.25, -0.2) is 14.6 Å². The van der Waals surface area contributed by atoms with Gasteiger partial charge in [-0.3, -0.25) is 4.79 Å². The molecule has 1 aliphatic heterocycles. The second kappa shape index (κ2) is 11.1. The van der Waals surface area contributed by atoms with Crippen molar-refractivity contribution in [1.82, 2.24) is 24.6 Å². The topological polar surface area (TPSA) is 67.2 Å². The number of aromatic nitrogens is 4. The highest BCUT2D eigenvalue weighted by atomic mass is 16.2. The van der Waals surface area contributed by atoms with Crippen LogP contribution in [0.15, 0.2) is 60.7 Å². The Kier molecular flexibility index (Phi) is 7.49. The van der Waals surface area contributed by atoms with E-state index in [4.69, 9.17) is 15.1 Å². The number of hydrogen-bond donors (Lipinski definition) is 0. The van der Waals surface area contributed by atoms with E-state index in [1.165, 1.54) is 0 Å². The molecule has 2 aromatic carbocycles. The van der Waals surface area contributed by atoms with E-state index in [1.807, 2.05) is 52.9 Å². The van der Waals surface area contributed by atoms with Gasteiger partial charge in [0.2, 0.25) is 5.91 Å². The summed E-state index contributed by atoms with van der Waals surface area (Å²) in [5.74, 6) is 1.93. The molecular weight excluding hydrogens is 460 g/mol. The van der Waals surface area contributed by atoms with E-state index in [2.05, 4.69) is 43.0 Å². The van der Waals surface area contributed by atoms with Gasteiger partial charge in [-0.05, 0) is 37.5 Å². The van der Waals surface area contributed by atoms with E-state index in [9.17, 15) is 4.79 Å². The van der Waals surface area contributed by atoms with E-state index in [-0.39, 0.29) is 11.8 Å². The SMILES string of the molecule is CCCCc1nc(N2CCN(C(=O)[C@H](CC)c3ccccc3)CC2)c2c(C)nn(-c3ccccc3)c2n1. The maximum Gasteiger partial charge on any atom is 0.230 e. The third kappa shape index (κ3) is 5.08. The summed E-state index contributed by atoms with van der Waals surface area (Å²) in [5.41, 5.74) is 3.87. The Morgan fingerprint density at radius 1 is 0.919 bits per heavy atom. The van der Waals surface area contributed by atoms with Crippen LogP contribution in [0.4, 0.5) is 5.82 Å². The molecule has 37 heavy (non-hydrogen) atoms. The zero-order chi connectivity index (χ0) is 25.8. The molecule has 1 atom stereocenters. The Morgan fingerprint density at radius 3 is 2.24 bits per heavy atom. The lowest BCUT2D eigenvalue weighted by Crippen LogP contribution is -2.50. The number of carbonyl (C=O) groups excluding carboxylic acids is 1. The second-order valence-electron chi connectivity index (χ2n) is 9.78. The Balaban J connectivity index is 1.43. The molecule has 0 saturated carbocycles. The summed E-state index contributed by atoms with van der Waals surface area (Å²) in [7, 11) is 0. The first-order valence-corrected chi connectivity index (χ1v) is 13.5. The molecule has 7 nitrogen and oxygen atoms in total. The predicted octanol–water partition coefficient (Wildman–Crippen LogP) is 5.31. The molecule has 1 amide bonds. The van der Waals surface area contributed by atoms with Gasteiger partial charge in [0.15, 0.2) is 5.65 Å². The highest BCUT2D eigenvalue weighted by Crippen LogP contribution is 2.31. The van der Waals surface area contributed by atoms with Crippen LogP contribution < -0.4 is 4.90 Å². The highest BCUT2D eigenvalue weighted by Gasteiger charge is 2.29. The van der Waals surface area contributed by atoms with Gasteiger partial charge in [-0.1, -0.05) is 68.8 Å². The van der Waals surface area contributed by atoms with Crippen molar-refractivity contribution in [1.29, 1.82) is 0 Å². The molecule has 0 radical (unpaired) electrons. The number of hydrogen-bond acceptors (Lipinski definition) is 5. The molecule has 7 heteroatoms. The van der Waals surface area contributed by atoms with E-state index in [0.717, 1.165) is 78.4 Å². The van der Waals surface area contributed by atoms with Gasteiger partial charge in [-0.2, -0.15) is 5.10 Å². The van der Waals surface area contributed by atoms with E-state index < -0.39 is 0 Å². The van der Waals surface area contributed by atoms with Crippen molar-refractivity contribution >= 4 is 22.8 Å². The number of unbranched alkanes of at least 4 members (excludes halogenated alkanes) is 1. The van der Waals surface area contributed by atoms with Gasteiger partial charge >= 0.3 is 0 Å². The number of amides is 1. The average Bonchev–Trinajstić information content (AvgIpc) is 3.29. The Labute approximate surface area is 219 Å². The fourth-order valence-electron chi connectivity index (χ4n) is 5.23. The summed E-state index contributed by atoms with van der Waals surface area (Å²) < 4.78 is 1.94. The first kappa shape index (κ1) is 24.9. The summed E-state index contributed by atoms with van der Waals surface area (Å²) in [6.45, 7) is 9.17. The van der Waals surface area contributed by atoms with Crippen molar-refractivity contribution in [2.75, 3.05) is 31.1 Å². The lowest BCUT2D eigenvalue weighted by Gasteiger charge is -2.37. The molecule has 4 aromatic rings. The largest absolute Gasteiger partial charge is 0.352 e. The molecule has 1 fully saturated rings. The van der Waals surface area contributed by atoms with Crippen molar-refractivity contribution in [2.24, 2.45) is 0 Å². The zero-order valence-corrected chi connectivity index (χ0v) is 22.1. The number of fused-ring (bicyclic) bond motifs is 1. The average molecular weight is 497 g/mol. The second-order valence-corrected chi connectivity index (χ2v) is 9.78. The summed E-state index contributed by atoms with van der Waals surface area (Å²) in [6.07, 6.45) is 3.78. The molecule has 3 heterocycles. The van der Waals surface area contributed by atoms with E-state index >= 15 is 0 Å². The molecule has 1 saturated heterocycles. The molecule has 2 aromatic heterocycles. The normalized spacial score (nSPS) is 14.8. The third-order valence-corrected chi connectivity index (χ3v) is 7.28. The smallest absolute Gasteiger partial charge is 0.230 e. The van der Waals surface area contributed by atoms with Crippen LogP contribution in [0.2, 0.25) is 0 Å².